The Hall–Kier alpha value is -1.61. The smallest absolute Gasteiger partial charge is 0.134 e. The molecule has 1 nitrogen and oxygen atoms in total. The highest BCUT2D eigenvalue weighted by atomic mass is 35.5. The molecule has 16 heavy (non-hydrogen) atoms. The van der Waals surface area contributed by atoms with E-state index in [2.05, 4.69) is 0 Å². The lowest BCUT2D eigenvalue weighted by atomic mass is 10.0. The van der Waals surface area contributed by atoms with Crippen LogP contribution in [0.15, 0.2) is 36.4 Å². The number of halogens is 3. The van der Waals surface area contributed by atoms with Crippen molar-refractivity contribution in [2.24, 2.45) is 0 Å². The quantitative estimate of drug-likeness (QED) is 0.799. The van der Waals surface area contributed by atoms with Gasteiger partial charge in [-0.25, -0.2) is 8.78 Å². The van der Waals surface area contributed by atoms with E-state index in [4.69, 9.17) is 11.6 Å². The molecule has 1 N–H and O–H groups in total. The summed E-state index contributed by atoms with van der Waals surface area (Å²) in [6.45, 7) is 0. The molecule has 82 valence electrons. The molecule has 0 spiro atoms. The van der Waals surface area contributed by atoms with Gasteiger partial charge in [-0.05, 0) is 30.3 Å². The molecule has 0 atom stereocenters. The topological polar surface area (TPSA) is 20.2 Å². The zero-order valence-corrected chi connectivity index (χ0v) is 8.80. The molecule has 0 amide bonds. The molecule has 0 saturated heterocycles. The van der Waals surface area contributed by atoms with Crippen molar-refractivity contribution in [3.05, 3.63) is 53.1 Å². The first-order valence-corrected chi connectivity index (χ1v) is 4.90. The molecule has 4 heteroatoms. The maximum atomic E-state index is 13.5. The van der Waals surface area contributed by atoms with Crippen LogP contribution in [0.25, 0.3) is 11.1 Å². The maximum absolute atomic E-state index is 13.5. The van der Waals surface area contributed by atoms with E-state index in [1.807, 2.05) is 0 Å². The summed E-state index contributed by atoms with van der Waals surface area (Å²) >= 11 is 5.72. The van der Waals surface area contributed by atoms with Gasteiger partial charge >= 0.3 is 0 Å². The fourth-order valence-corrected chi connectivity index (χ4v) is 1.64. The van der Waals surface area contributed by atoms with Crippen molar-refractivity contribution in [3.63, 3.8) is 0 Å². The van der Waals surface area contributed by atoms with Crippen molar-refractivity contribution in [2.45, 2.75) is 0 Å². The van der Waals surface area contributed by atoms with Gasteiger partial charge in [0.25, 0.3) is 0 Å². The Morgan fingerprint density at radius 1 is 1.00 bits per heavy atom. The molecule has 0 aliphatic rings. The highest BCUT2D eigenvalue weighted by Gasteiger charge is 2.14. The second-order valence-electron chi connectivity index (χ2n) is 3.26. The summed E-state index contributed by atoms with van der Waals surface area (Å²) in [4.78, 5) is 0. The predicted molar refractivity (Wildman–Crippen MR) is 58.5 cm³/mol. The molecule has 0 radical (unpaired) electrons. The van der Waals surface area contributed by atoms with Crippen LogP contribution in [-0.2, 0) is 0 Å². The van der Waals surface area contributed by atoms with Crippen molar-refractivity contribution in [1.29, 1.82) is 0 Å². The van der Waals surface area contributed by atoms with Crippen LogP contribution >= 0.6 is 11.6 Å². The van der Waals surface area contributed by atoms with E-state index in [9.17, 15) is 13.9 Å². The Labute approximate surface area is 95.9 Å². The fourth-order valence-electron chi connectivity index (χ4n) is 1.46. The van der Waals surface area contributed by atoms with Gasteiger partial charge in [0, 0.05) is 10.6 Å². The highest BCUT2D eigenvalue weighted by molar-refractivity contribution is 6.31. The molecule has 2 rings (SSSR count). The van der Waals surface area contributed by atoms with Gasteiger partial charge in [-0.1, -0.05) is 17.7 Å². The van der Waals surface area contributed by atoms with E-state index in [0.717, 1.165) is 12.1 Å². The van der Waals surface area contributed by atoms with Crippen molar-refractivity contribution in [3.8, 4) is 16.9 Å². The monoisotopic (exact) mass is 240 g/mol. The van der Waals surface area contributed by atoms with Crippen LogP contribution in [0, 0.1) is 11.6 Å². The number of phenols is 1. The second kappa shape index (κ2) is 4.10. The normalized spacial score (nSPS) is 10.4. The standard InChI is InChI=1S/C12H7ClF2O/c13-7-4-5-11(16)8(6-7)12-9(14)2-1-3-10(12)15/h1-6,16H. The van der Waals surface area contributed by atoms with Crippen LogP contribution in [0.2, 0.25) is 5.02 Å². The Morgan fingerprint density at radius 3 is 2.25 bits per heavy atom. The van der Waals surface area contributed by atoms with Crippen molar-refractivity contribution >= 4 is 11.6 Å². The summed E-state index contributed by atoms with van der Waals surface area (Å²) in [7, 11) is 0. The molecule has 0 saturated carbocycles. The van der Waals surface area contributed by atoms with Gasteiger partial charge in [-0.3, -0.25) is 0 Å². The Balaban J connectivity index is 2.72. The fraction of sp³-hybridized carbons (Fsp3) is 0. The average molecular weight is 241 g/mol. The molecular formula is C12H7ClF2O. The number of hydrogen-bond acceptors (Lipinski definition) is 1. The lowest BCUT2D eigenvalue weighted by molar-refractivity contribution is 0.475. The zero-order chi connectivity index (χ0) is 11.7. The lowest BCUT2D eigenvalue weighted by Crippen LogP contribution is -1.90. The third kappa shape index (κ3) is 1.86. The highest BCUT2D eigenvalue weighted by Crippen LogP contribution is 2.34. The molecule has 0 aliphatic carbocycles. The minimum Gasteiger partial charge on any atom is -0.507 e. The number of rotatable bonds is 1. The average Bonchev–Trinajstić information content (AvgIpc) is 2.23. The first kappa shape index (κ1) is 10.9. The molecule has 0 aliphatic heterocycles. The van der Waals surface area contributed by atoms with Crippen LogP contribution in [0.1, 0.15) is 0 Å². The molecular weight excluding hydrogens is 234 g/mol. The molecule has 2 aromatic carbocycles. The number of aromatic hydroxyl groups is 1. The number of hydrogen-bond donors (Lipinski definition) is 1. The van der Waals surface area contributed by atoms with Gasteiger partial charge in [0.1, 0.15) is 17.4 Å². The van der Waals surface area contributed by atoms with Crippen LogP contribution in [0.3, 0.4) is 0 Å². The summed E-state index contributed by atoms with van der Waals surface area (Å²) < 4.78 is 26.9. The van der Waals surface area contributed by atoms with E-state index in [0.29, 0.717) is 5.02 Å². The summed E-state index contributed by atoms with van der Waals surface area (Å²) in [5, 5.41) is 9.85. The van der Waals surface area contributed by atoms with Gasteiger partial charge in [-0.15, -0.1) is 0 Å². The van der Waals surface area contributed by atoms with Gasteiger partial charge < -0.3 is 5.11 Å². The summed E-state index contributed by atoms with van der Waals surface area (Å²) in [6, 6.07) is 7.56. The Morgan fingerprint density at radius 2 is 1.62 bits per heavy atom. The molecule has 0 fully saturated rings. The lowest BCUT2D eigenvalue weighted by Gasteiger charge is -2.07. The van der Waals surface area contributed by atoms with Gasteiger partial charge in [0.2, 0.25) is 0 Å². The van der Waals surface area contributed by atoms with Crippen molar-refractivity contribution in [2.75, 3.05) is 0 Å². The molecule has 0 aromatic heterocycles. The Kier molecular flexibility index (Phi) is 2.79. The van der Waals surface area contributed by atoms with E-state index < -0.39 is 11.6 Å². The van der Waals surface area contributed by atoms with E-state index in [1.54, 1.807) is 0 Å². The van der Waals surface area contributed by atoms with Crippen LogP contribution in [-0.4, -0.2) is 5.11 Å². The van der Waals surface area contributed by atoms with Gasteiger partial charge in [0.05, 0.1) is 5.56 Å². The van der Waals surface area contributed by atoms with Crippen LogP contribution < -0.4 is 0 Å². The minimum atomic E-state index is -0.738. The first-order chi connectivity index (χ1) is 7.59. The zero-order valence-electron chi connectivity index (χ0n) is 8.05. The van der Waals surface area contributed by atoms with E-state index in [1.165, 1.54) is 24.3 Å². The first-order valence-electron chi connectivity index (χ1n) is 4.52. The third-order valence-corrected chi connectivity index (χ3v) is 2.43. The van der Waals surface area contributed by atoms with Gasteiger partial charge in [-0.2, -0.15) is 0 Å². The summed E-state index contributed by atoms with van der Waals surface area (Å²) in [5.74, 6) is -1.69. The number of benzene rings is 2. The largest absolute Gasteiger partial charge is 0.507 e. The molecule has 0 heterocycles. The Bertz CT molecular complexity index is 520. The summed E-state index contributed by atoms with van der Waals surface area (Å²) in [5.41, 5.74) is -0.231. The molecule has 2 aromatic rings. The SMILES string of the molecule is Oc1ccc(Cl)cc1-c1c(F)cccc1F. The van der Waals surface area contributed by atoms with Gasteiger partial charge in [0.15, 0.2) is 0 Å². The molecule has 0 unspecified atom stereocenters. The van der Waals surface area contributed by atoms with Crippen LogP contribution in [0.5, 0.6) is 5.75 Å². The molecule has 0 bridgehead atoms. The summed E-state index contributed by atoms with van der Waals surface area (Å²) in [6.07, 6.45) is 0. The van der Waals surface area contributed by atoms with Crippen molar-refractivity contribution < 1.29 is 13.9 Å². The van der Waals surface area contributed by atoms with E-state index >= 15 is 0 Å². The maximum Gasteiger partial charge on any atom is 0.134 e. The second-order valence-corrected chi connectivity index (χ2v) is 3.69. The van der Waals surface area contributed by atoms with Crippen LogP contribution in [0.4, 0.5) is 8.78 Å². The predicted octanol–water partition coefficient (Wildman–Crippen LogP) is 3.99. The third-order valence-electron chi connectivity index (χ3n) is 2.19. The van der Waals surface area contributed by atoms with Crippen molar-refractivity contribution in [1.82, 2.24) is 0 Å². The number of phenolic OH excluding ortho intramolecular Hbond substituents is 1. The minimum absolute atomic E-state index is 0.0445. The van der Waals surface area contributed by atoms with E-state index in [-0.39, 0.29) is 16.9 Å².